The van der Waals surface area contributed by atoms with Crippen molar-refractivity contribution in [3.05, 3.63) is 34.4 Å². The number of non-ortho nitro benzene ring substituents is 1. The van der Waals surface area contributed by atoms with E-state index in [0.717, 1.165) is 0 Å². The van der Waals surface area contributed by atoms with Crippen LogP contribution in [0, 0.1) is 16.0 Å². The fourth-order valence-electron chi connectivity index (χ4n) is 1.14. The summed E-state index contributed by atoms with van der Waals surface area (Å²) >= 11 is 0. The highest BCUT2D eigenvalue weighted by molar-refractivity contribution is 5.89. The van der Waals surface area contributed by atoms with E-state index in [9.17, 15) is 14.9 Å². The maximum Gasteiger partial charge on any atom is 0.319 e. The minimum atomic E-state index is -0.484. The molecule has 1 rings (SSSR count). The number of amides is 2. The van der Waals surface area contributed by atoms with E-state index >= 15 is 0 Å². The summed E-state index contributed by atoms with van der Waals surface area (Å²) in [5, 5.41) is 15.7. The van der Waals surface area contributed by atoms with Crippen LogP contribution in [0.15, 0.2) is 24.3 Å². The molecule has 0 unspecified atom stereocenters. The lowest BCUT2D eigenvalue weighted by molar-refractivity contribution is -0.384. The number of rotatable bonds is 4. The normalized spacial score (nSPS) is 10.1. The van der Waals surface area contributed by atoms with Crippen molar-refractivity contribution < 1.29 is 9.72 Å². The monoisotopic (exact) mass is 237 g/mol. The fraction of sp³-hybridized carbons (Fsp3) is 0.364. The summed E-state index contributed by atoms with van der Waals surface area (Å²) in [5.41, 5.74) is 0.523. The Hall–Kier alpha value is -2.11. The topological polar surface area (TPSA) is 84.3 Å². The molecule has 0 aliphatic rings. The number of urea groups is 1. The van der Waals surface area contributed by atoms with Gasteiger partial charge in [0, 0.05) is 24.4 Å². The van der Waals surface area contributed by atoms with E-state index in [1.54, 1.807) is 0 Å². The van der Waals surface area contributed by atoms with Crippen LogP contribution in [0.1, 0.15) is 13.8 Å². The van der Waals surface area contributed by atoms with Gasteiger partial charge < -0.3 is 10.6 Å². The summed E-state index contributed by atoms with van der Waals surface area (Å²) in [4.78, 5) is 21.3. The molecule has 17 heavy (non-hydrogen) atoms. The Balaban J connectivity index is 2.51. The molecular weight excluding hydrogens is 222 g/mol. The molecule has 92 valence electrons. The molecule has 0 heterocycles. The predicted molar refractivity (Wildman–Crippen MR) is 65.0 cm³/mol. The third-order valence-corrected chi connectivity index (χ3v) is 2.01. The fourth-order valence-corrected chi connectivity index (χ4v) is 1.14. The highest BCUT2D eigenvalue weighted by Gasteiger charge is 2.06. The van der Waals surface area contributed by atoms with Gasteiger partial charge in [-0.1, -0.05) is 13.8 Å². The summed E-state index contributed by atoms with van der Waals surface area (Å²) in [6.45, 7) is 4.57. The number of hydrogen-bond acceptors (Lipinski definition) is 3. The first kappa shape index (κ1) is 13.0. The van der Waals surface area contributed by atoms with Crippen LogP contribution in [0.3, 0.4) is 0 Å². The number of nitrogens with one attached hydrogen (secondary N) is 2. The number of carbonyl (C=O) groups excluding carboxylic acids is 1. The number of nitro groups is 1. The van der Waals surface area contributed by atoms with Gasteiger partial charge in [-0.25, -0.2) is 4.79 Å². The van der Waals surface area contributed by atoms with E-state index in [0.29, 0.717) is 18.2 Å². The van der Waals surface area contributed by atoms with Gasteiger partial charge in [-0.3, -0.25) is 10.1 Å². The van der Waals surface area contributed by atoms with E-state index in [1.165, 1.54) is 24.3 Å². The Morgan fingerprint density at radius 2 is 1.94 bits per heavy atom. The first-order chi connectivity index (χ1) is 7.99. The van der Waals surface area contributed by atoms with Gasteiger partial charge in [-0.15, -0.1) is 0 Å². The van der Waals surface area contributed by atoms with Crippen molar-refractivity contribution in [3.8, 4) is 0 Å². The van der Waals surface area contributed by atoms with Crippen molar-refractivity contribution in [1.29, 1.82) is 0 Å². The number of benzene rings is 1. The van der Waals surface area contributed by atoms with Gasteiger partial charge in [0.2, 0.25) is 0 Å². The van der Waals surface area contributed by atoms with Crippen LogP contribution >= 0.6 is 0 Å². The van der Waals surface area contributed by atoms with Crippen molar-refractivity contribution in [3.63, 3.8) is 0 Å². The minimum Gasteiger partial charge on any atom is -0.338 e. The molecule has 2 N–H and O–H groups in total. The third kappa shape index (κ3) is 4.50. The second-order valence-electron chi connectivity index (χ2n) is 4.03. The number of nitro benzene ring substituents is 1. The van der Waals surface area contributed by atoms with Crippen molar-refractivity contribution >= 4 is 17.4 Å². The standard InChI is InChI=1S/C11H15N3O3/c1-8(2)7-12-11(15)13-9-3-5-10(6-4-9)14(16)17/h3-6,8H,7H2,1-2H3,(H2,12,13,15). The molecule has 2 amide bonds. The average Bonchev–Trinajstić information content (AvgIpc) is 2.27. The molecule has 0 aliphatic heterocycles. The van der Waals surface area contributed by atoms with Crippen LogP contribution in [-0.2, 0) is 0 Å². The molecular formula is C11H15N3O3. The average molecular weight is 237 g/mol. The molecule has 0 fully saturated rings. The molecule has 0 bridgehead atoms. The first-order valence-corrected chi connectivity index (χ1v) is 5.28. The van der Waals surface area contributed by atoms with Crippen LogP contribution in [0.25, 0.3) is 0 Å². The van der Waals surface area contributed by atoms with E-state index in [1.807, 2.05) is 13.8 Å². The zero-order chi connectivity index (χ0) is 12.8. The highest BCUT2D eigenvalue weighted by atomic mass is 16.6. The molecule has 0 aromatic heterocycles. The van der Waals surface area contributed by atoms with Gasteiger partial charge in [0.05, 0.1) is 4.92 Å². The van der Waals surface area contributed by atoms with E-state index < -0.39 is 4.92 Å². The Morgan fingerprint density at radius 1 is 1.35 bits per heavy atom. The highest BCUT2D eigenvalue weighted by Crippen LogP contribution is 2.15. The van der Waals surface area contributed by atoms with E-state index in [2.05, 4.69) is 10.6 Å². The molecule has 6 nitrogen and oxygen atoms in total. The molecule has 6 heteroatoms. The van der Waals surface area contributed by atoms with E-state index in [-0.39, 0.29) is 11.7 Å². The quantitative estimate of drug-likeness (QED) is 0.622. The smallest absolute Gasteiger partial charge is 0.319 e. The van der Waals surface area contributed by atoms with Crippen molar-refractivity contribution in [2.24, 2.45) is 5.92 Å². The van der Waals surface area contributed by atoms with Gasteiger partial charge >= 0.3 is 6.03 Å². The van der Waals surface area contributed by atoms with Crippen LogP contribution in [0.2, 0.25) is 0 Å². The van der Waals surface area contributed by atoms with Crippen molar-refractivity contribution in [2.45, 2.75) is 13.8 Å². The summed E-state index contributed by atoms with van der Waals surface area (Å²) in [6, 6.07) is 5.36. The zero-order valence-electron chi connectivity index (χ0n) is 9.77. The predicted octanol–water partition coefficient (Wildman–Crippen LogP) is 2.37. The van der Waals surface area contributed by atoms with Crippen molar-refractivity contribution in [2.75, 3.05) is 11.9 Å². The van der Waals surface area contributed by atoms with Crippen LogP contribution in [0.5, 0.6) is 0 Å². The van der Waals surface area contributed by atoms with Crippen LogP contribution in [-0.4, -0.2) is 17.5 Å². The van der Waals surface area contributed by atoms with Crippen LogP contribution < -0.4 is 10.6 Å². The van der Waals surface area contributed by atoms with E-state index in [4.69, 9.17) is 0 Å². The maximum absolute atomic E-state index is 11.4. The summed E-state index contributed by atoms with van der Waals surface area (Å²) < 4.78 is 0. The Morgan fingerprint density at radius 3 is 2.41 bits per heavy atom. The zero-order valence-corrected chi connectivity index (χ0v) is 9.77. The lowest BCUT2D eigenvalue weighted by Gasteiger charge is -2.09. The minimum absolute atomic E-state index is 0.00172. The summed E-state index contributed by atoms with van der Waals surface area (Å²) in [5.74, 6) is 0.373. The van der Waals surface area contributed by atoms with Gasteiger partial charge in [0.15, 0.2) is 0 Å². The lowest BCUT2D eigenvalue weighted by Crippen LogP contribution is -2.31. The molecule has 0 aliphatic carbocycles. The van der Waals surface area contributed by atoms with Gasteiger partial charge in [0.1, 0.15) is 0 Å². The Kier molecular flexibility index (Phi) is 4.45. The van der Waals surface area contributed by atoms with Gasteiger partial charge in [0.25, 0.3) is 5.69 Å². The summed E-state index contributed by atoms with van der Waals surface area (Å²) in [7, 11) is 0. The second kappa shape index (κ2) is 5.83. The SMILES string of the molecule is CC(C)CNC(=O)Nc1ccc([N+](=O)[O-])cc1. The third-order valence-electron chi connectivity index (χ3n) is 2.01. The van der Waals surface area contributed by atoms with Gasteiger partial charge in [-0.2, -0.15) is 0 Å². The Labute approximate surface area is 99.2 Å². The molecule has 1 aromatic carbocycles. The second-order valence-corrected chi connectivity index (χ2v) is 4.03. The first-order valence-electron chi connectivity index (χ1n) is 5.28. The molecule has 0 spiro atoms. The molecule has 0 radical (unpaired) electrons. The lowest BCUT2D eigenvalue weighted by atomic mass is 10.2. The van der Waals surface area contributed by atoms with Crippen molar-refractivity contribution in [1.82, 2.24) is 5.32 Å². The number of hydrogen-bond donors (Lipinski definition) is 2. The Bertz CT molecular complexity index is 401. The largest absolute Gasteiger partial charge is 0.338 e. The number of anilines is 1. The van der Waals surface area contributed by atoms with Crippen LogP contribution in [0.4, 0.5) is 16.2 Å². The number of carbonyl (C=O) groups is 1. The molecule has 0 atom stereocenters. The van der Waals surface area contributed by atoms with Gasteiger partial charge in [-0.05, 0) is 18.1 Å². The summed E-state index contributed by atoms with van der Waals surface area (Å²) in [6.07, 6.45) is 0. The number of nitrogens with zero attached hydrogens (tertiary/aromatic N) is 1. The maximum atomic E-state index is 11.4. The molecule has 0 saturated heterocycles. The molecule has 0 saturated carbocycles. The molecule has 1 aromatic rings.